The number of hydrogen-bond donors (Lipinski definition) is 1. The van der Waals surface area contributed by atoms with Gasteiger partial charge in [-0.25, -0.2) is 24.5 Å². The van der Waals surface area contributed by atoms with E-state index in [1.54, 1.807) is 32.2 Å². The molecule has 1 aliphatic carbocycles. The molecule has 50 heavy (non-hydrogen) atoms. The lowest BCUT2D eigenvalue weighted by Gasteiger charge is -2.30. The molecule has 1 N–H and O–H groups in total. The molecule has 2 aromatic heterocycles. The lowest BCUT2D eigenvalue weighted by atomic mass is 9.83. The molecule has 0 spiro atoms. The molecular weight excluding hydrogens is 692 g/mol. The van der Waals surface area contributed by atoms with Gasteiger partial charge >= 0.3 is 24.4 Å². The van der Waals surface area contributed by atoms with Crippen LogP contribution < -0.4 is 4.90 Å². The number of alkyl halides is 6. The van der Waals surface area contributed by atoms with Crippen LogP contribution >= 0.6 is 11.3 Å². The molecule has 4 heterocycles. The number of rotatable bonds is 7. The molecule has 2 aliphatic heterocycles. The molecule has 17 heteroatoms. The molecular formula is C33H31F6N5O5S. The largest absolute Gasteiger partial charge is 0.478 e. The Hall–Kier alpha value is -4.51. The van der Waals surface area contributed by atoms with Gasteiger partial charge in [0.05, 0.1) is 53.2 Å². The SMILES string of the molecule is Cc1cc(C(=O)O)ccc1-c1nc(C)c(-c2cnc(N3CCOCC3)nc2CN2C(=O)OC(C3C=C(C(F)(F)F)C=C(C(F)(F)F)C3)C2C)s1. The van der Waals surface area contributed by atoms with Crippen molar-refractivity contribution in [3.8, 4) is 21.0 Å². The minimum Gasteiger partial charge on any atom is -0.478 e. The predicted molar refractivity (Wildman–Crippen MR) is 170 cm³/mol. The normalized spacial score (nSPS) is 21.6. The number of benzene rings is 1. The number of cyclic esters (lactones) is 1. The fourth-order valence-corrected chi connectivity index (χ4v) is 7.48. The van der Waals surface area contributed by atoms with Gasteiger partial charge in [0.1, 0.15) is 11.1 Å². The number of aryl methyl sites for hydroxylation is 2. The van der Waals surface area contributed by atoms with Gasteiger partial charge in [0.15, 0.2) is 0 Å². The van der Waals surface area contributed by atoms with Crippen LogP contribution in [0.4, 0.5) is 37.1 Å². The number of hydrogen-bond acceptors (Lipinski definition) is 9. The smallest absolute Gasteiger partial charge is 0.416 e. The second-order valence-corrected chi connectivity index (χ2v) is 13.3. The van der Waals surface area contributed by atoms with E-state index in [-0.39, 0.29) is 18.2 Å². The molecule has 3 atom stereocenters. The van der Waals surface area contributed by atoms with Crippen molar-refractivity contribution in [2.45, 2.75) is 58.2 Å². The van der Waals surface area contributed by atoms with Crippen molar-refractivity contribution in [2.24, 2.45) is 5.92 Å². The number of carboxylic acid groups (broad SMARTS) is 1. The summed E-state index contributed by atoms with van der Waals surface area (Å²) in [6, 6.07) is 3.78. The van der Waals surface area contributed by atoms with Crippen LogP contribution in [0, 0.1) is 19.8 Å². The number of aromatic carboxylic acids is 1. The van der Waals surface area contributed by atoms with Crippen molar-refractivity contribution in [3.05, 3.63) is 70.2 Å². The van der Waals surface area contributed by atoms with Crippen LogP contribution in [0.3, 0.4) is 0 Å². The number of carbonyl (C=O) groups excluding carboxylic acids is 1. The molecule has 2 saturated heterocycles. The van der Waals surface area contributed by atoms with Crippen molar-refractivity contribution < 1.29 is 50.5 Å². The number of thiazole rings is 1. The molecule has 0 radical (unpaired) electrons. The molecule has 3 unspecified atom stereocenters. The first-order chi connectivity index (χ1) is 23.5. The van der Waals surface area contributed by atoms with E-state index in [1.807, 2.05) is 4.90 Å². The number of halogens is 6. The van der Waals surface area contributed by atoms with E-state index in [1.165, 1.54) is 29.2 Å². The number of morpholine rings is 1. The highest BCUT2D eigenvalue weighted by Gasteiger charge is 2.48. The van der Waals surface area contributed by atoms with Gasteiger partial charge in [0.25, 0.3) is 0 Å². The first-order valence-corrected chi connectivity index (χ1v) is 16.4. The fraction of sp³-hybridized carbons (Fsp3) is 0.424. The van der Waals surface area contributed by atoms with Crippen molar-refractivity contribution in [3.63, 3.8) is 0 Å². The Morgan fingerprint density at radius 2 is 1.78 bits per heavy atom. The molecule has 0 bridgehead atoms. The van der Waals surface area contributed by atoms with Crippen molar-refractivity contribution in [1.82, 2.24) is 19.9 Å². The first-order valence-electron chi connectivity index (χ1n) is 15.6. The van der Waals surface area contributed by atoms with Crippen molar-refractivity contribution in [1.29, 1.82) is 0 Å². The van der Waals surface area contributed by atoms with Crippen molar-refractivity contribution in [2.75, 3.05) is 31.2 Å². The number of carboxylic acids is 1. The van der Waals surface area contributed by atoms with Gasteiger partial charge in [0.2, 0.25) is 5.95 Å². The molecule has 1 amide bonds. The molecule has 10 nitrogen and oxygen atoms in total. The van der Waals surface area contributed by atoms with Crippen LogP contribution in [0.2, 0.25) is 0 Å². The summed E-state index contributed by atoms with van der Waals surface area (Å²) in [6.07, 6.45) is -10.6. The van der Waals surface area contributed by atoms with Gasteiger partial charge in [-0.05, 0) is 51.0 Å². The summed E-state index contributed by atoms with van der Waals surface area (Å²) < 4.78 is 93.0. The molecule has 3 aliphatic rings. The average Bonchev–Trinajstić information content (AvgIpc) is 3.58. The number of nitrogens with zero attached hydrogens (tertiary/aromatic N) is 5. The van der Waals surface area contributed by atoms with Gasteiger partial charge in [-0.15, -0.1) is 11.3 Å². The highest BCUT2D eigenvalue weighted by molar-refractivity contribution is 7.18. The molecule has 0 saturated carbocycles. The monoisotopic (exact) mass is 723 g/mol. The number of aromatic nitrogens is 3. The third-order valence-electron chi connectivity index (χ3n) is 8.94. The van der Waals surface area contributed by atoms with Crippen LogP contribution in [0.1, 0.15) is 40.7 Å². The van der Waals surface area contributed by atoms with E-state index in [0.29, 0.717) is 76.3 Å². The van der Waals surface area contributed by atoms with Crippen LogP contribution in [0.5, 0.6) is 0 Å². The fourth-order valence-electron chi connectivity index (χ4n) is 6.30. The first kappa shape index (κ1) is 35.3. The van der Waals surface area contributed by atoms with Gasteiger partial charge in [-0.2, -0.15) is 26.3 Å². The van der Waals surface area contributed by atoms with E-state index >= 15 is 0 Å². The summed E-state index contributed by atoms with van der Waals surface area (Å²) in [6.45, 7) is 6.77. The Labute approximate surface area is 286 Å². The van der Waals surface area contributed by atoms with Gasteiger partial charge in [-0.3, -0.25) is 4.90 Å². The summed E-state index contributed by atoms with van der Waals surface area (Å²) in [4.78, 5) is 42.7. The molecule has 2 fully saturated rings. The number of amides is 1. The lowest BCUT2D eigenvalue weighted by molar-refractivity contribution is -0.101. The van der Waals surface area contributed by atoms with Gasteiger partial charge in [0, 0.05) is 41.9 Å². The number of ether oxygens (including phenoxy) is 2. The summed E-state index contributed by atoms with van der Waals surface area (Å²) in [5.41, 5.74) is 0.230. The third kappa shape index (κ3) is 7.06. The van der Waals surface area contributed by atoms with Crippen LogP contribution in [0.25, 0.3) is 21.0 Å². The standard InChI is InChI=1S/C33H31F6N5O5S/c1-16-10-19(29(45)46)4-5-23(16)28-41-17(2)27(50-28)24-14-40-30(43-6-8-48-9-7-43)42-25(24)15-44-18(3)26(49-31(44)47)20-11-21(32(34,35)36)13-22(12-20)33(37,38)39/h4-5,10-11,13-14,18,20,26H,6-9,12,15H2,1-3H3,(H,45,46). The van der Waals surface area contributed by atoms with Crippen LogP contribution in [-0.2, 0) is 16.0 Å². The second-order valence-electron chi connectivity index (χ2n) is 12.3. The maximum absolute atomic E-state index is 13.7. The molecule has 3 aromatic rings. The number of carbonyl (C=O) groups is 2. The van der Waals surface area contributed by atoms with E-state index in [4.69, 9.17) is 19.4 Å². The van der Waals surface area contributed by atoms with Crippen LogP contribution in [-0.4, -0.2) is 87.8 Å². The van der Waals surface area contributed by atoms with Gasteiger partial charge < -0.3 is 19.5 Å². The number of allylic oxidation sites excluding steroid dienone is 3. The maximum atomic E-state index is 13.7. The zero-order valence-corrected chi connectivity index (χ0v) is 27.7. The van der Waals surface area contributed by atoms with E-state index < -0.39 is 60.0 Å². The minimum absolute atomic E-state index is 0.101. The van der Waals surface area contributed by atoms with E-state index in [0.717, 1.165) is 0 Å². The minimum atomic E-state index is -5.03. The topological polar surface area (TPSA) is 118 Å². The highest BCUT2D eigenvalue weighted by Crippen LogP contribution is 2.44. The Morgan fingerprint density at radius 1 is 1.06 bits per heavy atom. The zero-order valence-electron chi connectivity index (χ0n) is 26.9. The quantitative estimate of drug-likeness (QED) is 0.254. The molecule has 266 valence electrons. The van der Waals surface area contributed by atoms with Crippen molar-refractivity contribution >= 4 is 29.3 Å². The summed E-state index contributed by atoms with van der Waals surface area (Å²) >= 11 is 1.30. The van der Waals surface area contributed by atoms with Crippen LogP contribution in [0.15, 0.2) is 47.7 Å². The second kappa shape index (κ2) is 13.3. The molecule has 6 rings (SSSR count). The Bertz CT molecular complexity index is 1880. The number of anilines is 1. The Kier molecular flexibility index (Phi) is 9.41. The maximum Gasteiger partial charge on any atom is 0.416 e. The highest BCUT2D eigenvalue weighted by atomic mass is 32.1. The predicted octanol–water partition coefficient (Wildman–Crippen LogP) is 7.13. The lowest BCUT2D eigenvalue weighted by Crippen LogP contribution is -2.39. The summed E-state index contributed by atoms with van der Waals surface area (Å²) in [5, 5.41) is 9.98. The Balaban J connectivity index is 1.35. The zero-order chi connectivity index (χ0) is 36.1. The van der Waals surface area contributed by atoms with E-state index in [2.05, 4.69) is 4.98 Å². The Morgan fingerprint density at radius 3 is 2.42 bits per heavy atom. The van der Waals surface area contributed by atoms with E-state index in [9.17, 15) is 41.0 Å². The summed E-state index contributed by atoms with van der Waals surface area (Å²) in [5.74, 6) is -2.09. The molecule has 1 aromatic carbocycles. The average molecular weight is 724 g/mol. The van der Waals surface area contributed by atoms with Gasteiger partial charge in [-0.1, -0.05) is 12.1 Å². The third-order valence-corrected chi connectivity index (χ3v) is 10.2. The summed E-state index contributed by atoms with van der Waals surface area (Å²) in [7, 11) is 0.